The van der Waals surface area contributed by atoms with Crippen LogP contribution >= 0.6 is 0 Å². The van der Waals surface area contributed by atoms with Crippen LogP contribution in [-0.2, 0) is 20.9 Å². The highest BCUT2D eigenvalue weighted by Gasteiger charge is 2.10. The number of benzene rings is 1. The molecule has 0 saturated carbocycles. The first-order valence-corrected chi connectivity index (χ1v) is 15.6. The molecule has 1 aromatic carbocycles. The molecule has 238 valence electrons. The van der Waals surface area contributed by atoms with E-state index in [2.05, 4.69) is 70.3 Å². The van der Waals surface area contributed by atoms with Gasteiger partial charge in [-0.15, -0.1) is 0 Å². The van der Waals surface area contributed by atoms with Gasteiger partial charge in [-0.3, -0.25) is 9.59 Å². The molecule has 6 heteroatoms. The lowest BCUT2D eigenvalue weighted by Crippen LogP contribution is -2.28. The molecule has 0 atom stereocenters. The number of hydrogen-bond donors (Lipinski definition) is 3. The molecule has 0 saturated heterocycles. The summed E-state index contributed by atoms with van der Waals surface area (Å²) in [4.78, 5) is 24.1. The van der Waals surface area contributed by atoms with Crippen LogP contribution in [0.4, 0.5) is 0 Å². The summed E-state index contributed by atoms with van der Waals surface area (Å²) in [7, 11) is 0. The standard InChI is InChI=1S/C37H55NO5/c1-27(2)13-10-16-30(5)19-11-17-28(3)14-8-9-15-29(4)18-12-20-31(6)21-22-37(42)43-26-36(41)38-25-33-24-35(40)34(39)23-32(33)7/h13-15,19-20,23-24,39-40H,8-12,16-18,21-22,25-26H2,1-7H3,(H,38,41)/b28-14+,29-15+,30-19-,31-20+. The Morgan fingerprint density at radius 3 is 1.67 bits per heavy atom. The monoisotopic (exact) mass is 593 g/mol. The lowest BCUT2D eigenvalue weighted by molar-refractivity contribution is -0.148. The number of carbonyl (C=O) groups is 2. The minimum absolute atomic E-state index is 0.164. The number of carbonyl (C=O) groups excluding carboxylic acids is 2. The first-order chi connectivity index (χ1) is 20.4. The Balaban J connectivity index is 2.23. The van der Waals surface area contributed by atoms with E-state index in [0.29, 0.717) is 12.0 Å². The van der Waals surface area contributed by atoms with E-state index in [1.54, 1.807) is 6.92 Å². The van der Waals surface area contributed by atoms with Crippen LogP contribution < -0.4 is 5.32 Å². The van der Waals surface area contributed by atoms with Gasteiger partial charge in [0, 0.05) is 13.0 Å². The molecule has 6 nitrogen and oxygen atoms in total. The summed E-state index contributed by atoms with van der Waals surface area (Å²) < 4.78 is 5.10. The molecule has 0 bridgehead atoms. The average molecular weight is 594 g/mol. The number of ether oxygens (including phenoxy) is 1. The Kier molecular flexibility index (Phi) is 18.5. The molecule has 1 rings (SSSR count). The molecule has 0 aliphatic heterocycles. The number of aryl methyl sites for hydroxylation is 1. The van der Waals surface area contributed by atoms with Crippen LogP contribution in [0, 0.1) is 6.92 Å². The highest BCUT2D eigenvalue weighted by atomic mass is 16.5. The number of unbranched alkanes of at least 4 members (excludes halogenated alkanes) is 1. The van der Waals surface area contributed by atoms with Crippen molar-refractivity contribution in [1.29, 1.82) is 0 Å². The Hall–Kier alpha value is -3.54. The van der Waals surface area contributed by atoms with Crippen molar-refractivity contribution in [1.82, 2.24) is 5.32 Å². The van der Waals surface area contributed by atoms with Crippen LogP contribution in [0.25, 0.3) is 0 Å². The summed E-state index contributed by atoms with van der Waals surface area (Å²) >= 11 is 0. The van der Waals surface area contributed by atoms with Crippen LogP contribution in [0.3, 0.4) is 0 Å². The Bertz CT molecular complexity index is 1200. The van der Waals surface area contributed by atoms with E-state index in [4.69, 9.17) is 4.74 Å². The van der Waals surface area contributed by atoms with Gasteiger partial charge in [0.1, 0.15) is 0 Å². The maximum absolute atomic E-state index is 12.1. The second kappa shape index (κ2) is 21.2. The maximum atomic E-state index is 12.1. The van der Waals surface area contributed by atoms with Crippen molar-refractivity contribution in [3.8, 4) is 11.5 Å². The third-order valence-corrected chi connectivity index (χ3v) is 7.30. The fraction of sp³-hybridized carbons (Fsp3) is 0.514. The Morgan fingerprint density at radius 1 is 0.674 bits per heavy atom. The second-order valence-electron chi connectivity index (χ2n) is 11.9. The number of allylic oxidation sites excluding steroid dienone is 10. The van der Waals surface area contributed by atoms with Crippen molar-refractivity contribution in [2.75, 3.05) is 6.61 Å². The van der Waals surface area contributed by atoms with Crippen molar-refractivity contribution >= 4 is 11.9 Å². The summed E-state index contributed by atoms with van der Waals surface area (Å²) in [5.74, 6) is -1.28. The van der Waals surface area contributed by atoms with Crippen LogP contribution in [-0.4, -0.2) is 28.7 Å². The summed E-state index contributed by atoms with van der Waals surface area (Å²) in [6, 6.07) is 2.83. The average Bonchev–Trinajstić information content (AvgIpc) is 2.94. The van der Waals surface area contributed by atoms with Gasteiger partial charge in [-0.2, -0.15) is 0 Å². The molecule has 3 N–H and O–H groups in total. The molecule has 0 aromatic heterocycles. The first-order valence-electron chi connectivity index (χ1n) is 15.6. The molecular formula is C37H55NO5. The largest absolute Gasteiger partial charge is 0.504 e. The van der Waals surface area contributed by atoms with Gasteiger partial charge in [0.15, 0.2) is 18.1 Å². The van der Waals surface area contributed by atoms with Crippen LogP contribution in [0.1, 0.15) is 117 Å². The molecule has 0 unspecified atom stereocenters. The van der Waals surface area contributed by atoms with Gasteiger partial charge in [0.05, 0.1) is 0 Å². The van der Waals surface area contributed by atoms with Crippen LogP contribution in [0.5, 0.6) is 11.5 Å². The fourth-order valence-corrected chi connectivity index (χ4v) is 4.43. The number of phenolic OH excluding ortho intramolecular Hbond substituents is 2. The minimum Gasteiger partial charge on any atom is -0.504 e. The summed E-state index contributed by atoms with van der Waals surface area (Å²) in [5.41, 5.74) is 8.26. The van der Waals surface area contributed by atoms with Crippen molar-refractivity contribution in [3.63, 3.8) is 0 Å². The van der Waals surface area contributed by atoms with Gasteiger partial charge in [0.2, 0.25) is 0 Å². The molecule has 0 aliphatic carbocycles. The van der Waals surface area contributed by atoms with Gasteiger partial charge in [-0.25, -0.2) is 0 Å². The van der Waals surface area contributed by atoms with Gasteiger partial charge in [-0.1, -0.05) is 58.2 Å². The van der Waals surface area contributed by atoms with Gasteiger partial charge >= 0.3 is 5.97 Å². The lowest BCUT2D eigenvalue weighted by atomic mass is 10.0. The molecule has 0 spiro atoms. The molecular weight excluding hydrogens is 538 g/mol. The molecule has 0 heterocycles. The predicted octanol–water partition coefficient (Wildman–Crippen LogP) is 9.22. The first kappa shape index (κ1) is 37.5. The van der Waals surface area contributed by atoms with E-state index in [1.165, 1.54) is 34.4 Å². The molecule has 1 aromatic rings. The summed E-state index contributed by atoms with van der Waals surface area (Å²) in [6.07, 6.45) is 21.0. The third-order valence-electron chi connectivity index (χ3n) is 7.30. The SMILES string of the molecule is CC(C)=CCC/C(C)=C\CC/C(C)=C/CC/C=C(\C)CC/C=C(\C)CCC(=O)OCC(=O)NCc1cc(O)c(O)cc1C. The van der Waals surface area contributed by atoms with Gasteiger partial charge in [0.25, 0.3) is 5.91 Å². The number of esters is 1. The van der Waals surface area contributed by atoms with Gasteiger partial charge < -0.3 is 20.3 Å². The normalized spacial score (nSPS) is 12.7. The van der Waals surface area contributed by atoms with E-state index >= 15 is 0 Å². The number of amides is 1. The van der Waals surface area contributed by atoms with E-state index in [-0.39, 0.29) is 31.1 Å². The molecule has 1 amide bonds. The van der Waals surface area contributed by atoms with Crippen LogP contribution in [0.2, 0.25) is 0 Å². The number of rotatable bonds is 19. The van der Waals surface area contributed by atoms with E-state index < -0.39 is 11.9 Å². The molecule has 0 radical (unpaired) electrons. The minimum atomic E-state index is -0.422. The lowest BCUT2D eigenvalue weighted by Gasteiger charge is -2.10. The third kappa shape index (κ3) is 18.6. The van der Waals surface area contributed by atoms with Crippen molar-refractivity contribution in [2.45, 2.75) is 119 Å². The predicted molar refractivity (Wildman–Crippen MR) is 178 cm³/mol. The maximum Gasteiger partial charge on any atom is 0.306 e. The quantitative estimate of drug-likeness (QED) is 0.0643. The Morgan fingerprint density at radius 2 is 1.14 bits per heavy atom. The zero-order valence-corrected chi connectivity index (χ0v) is 27.6. The van der Waals surface area contributed by atoms with Gasteiger partial charge in [-0.05, 0) is 130 Å². The van der Waals surface area contributed by atoms with Crippen molar-refractivity contribution < 1.29 is 24.5 Å². The number of phenols is 2. The highest BCUT2D eigenvalue weighted by Crippen LogP contribution is 2.27. The second-order valence-corrected chi connectivity index (χ2v) is 11.9. The number of nitrogens with one attached hydrogen (secondary N) is 1. The summed E-state index contributed by atoms with van der Waals surface area (Å²) in [5, 5.41) is 21.8. The fourth-order valence-electron chi connectivity index (χ4n) is 4.43. The van der Waals surface area contributed by atoms with Crippen molar-refractivity contribution in [2.24, 2.45) is 0 Å². The topological polar surface area (TPSA) is 95.9 Å². The number of aromatic hydroxyl groups is 2. The van der Waals surface area contributed by atoms with E-state index in [9.17, 15) is 19.8 Å². The molecule has 0 aliphatic rings. The summed E-state index contributed by atoms with van der Waals surface area (Å²) in [6.45, 7) is 14.5. The molecule has 0 fully saturated rings. The van der Waals surface area contributed by atoms with Crippen LogP contribution in [0.15, 0.2) is 70.4 Å². The van der Waals surface area contributed by atoms with E-state index in [0.717, 1.165) is 62.5 Å². The zero-order valence-electron chi connectivity index (χ0n) is 27.6. The van der Waals surface area contributed by atoms with Crippen molar-refractivity contribution in [3.05, 3.63) is 81.5 Å². The highest BCUT2D eigenvalue weighted by molar-refractivity contribution is 5.80. The van der Waals surface area contributed by atoms with E-state index in [1.807, 2.05) is 6.92 Å². The number of hydrogen-bond acceptors (Lipinski definition) is 5. The zero-order chi connectivity index (χ0) is 32.2. The Labute approximate surface area is 260 Å². The smallest absolute Gasteiger partial charge is 0.306 e. The molecule has 43 heavy (non-hydrogen) atoms.